The van der Waals surface area contributed by atoms with Gasteiger partial charge in [-0.15, -0.1) is 5.10 Å². The highest BCUT2D eigenvalue weighted by atomic mass is 15.5. The molecular formula is C15H21N5. The SMILES string of the molecule is CCC1(N[C@@H](C)c2ccc(-n3cnnn3)cc2)CCC1. The second-order valence-corrected chi connectivity index (χ2v) is 5.70. The van der Waals surface area contributed by atoms with Gasteiger partial charge in [-0.05, 0) is 60.7 Å². The van der Waals surface area contributed by atoms with Crippen LogP contribution in [-0.2, 0) is 0 Å². The van der Waals surface area contributed by atoms with E-state index in [1.165, 1.54) is 31.2 Å². The lowest BCUT2D eigenvalue weighted by Gasteiger charge is -2.44. The van der Waals surface area contributed by atoms with E-state index in [4.69, 9.17) is 0 Å². The highest BCUT2D eigenvalue weighted by Gasteiger charge is 2.35. The number of hydrogen-bond acceptors (Lipinski definition) is 4. The Bertz CT molecular complexity index is 537. The van der Waals surface area contributed by atoms with E-state index in [1.54, 1.807) is 11.0 Å². The van der Waals surface area contributed by atoms with E-state index in [2.05, 4.69) is 59.0 Å². The zero-order chi connectivity index (χ0) is 14.0. The molecule has 1 N–H and O–H groups in total. The number of nitrogens with zero attached hydrogens (tertiary/aromatic N) is 4. The first-order valence-corrected chi connectivity index (χ1v) is 7.33. The second-order valence-electron chi connectivity index (χ2n) is 5.70. The second kappa shape index (κ2) is 5.32. The van der Waals surface area contributed by atoms with Gasteiger partial charge in [-0.3, -0.25) is 0 Å². The number of aromatic nitrogens is 4. The molecule has 0 aliphatic heterocycles. The van der Waals surface area contributed by atoms with Crippen LogP contribution >= 0.6 is 0 Å². The zero-order valence-corrected chi connectivity index (χ0v) is 12.1. The van der Waals surface area contributed by atoms with Gasteiger partial charge in [0, 0.05) is 11.6 Å². The minimum Gasteiger partial charge on any atom is -0.305 e. The van der Waals surface area contributed by atoms with Crippen LogP contribution in [0.3, 0.4) is 0 Å². The van der Waals surface area contributed by atoms with Gasteiger partial charge in [0.25, 0.3) is 0 Å². The van der Waals surface area contributed by atoms with Crippen molar-refractivity contribution in [1.82, 2.24) is 25.5 Å². The molecule has 3 rings (SSSR count). The van der Waals surface area contributed by atoms with Gasteiger partial charge in [-0.2, -0.15) is 0 Å². The van der Waals surface area contributed by atoms with Gasteiger partial charge in [-0.1, -0.05) is 19.1 Å². The van der Waals surface area contributed by atoms with E-state index >= 15 is 0 Å². The molecule has 106 valence electrons. The summed E-state index contributed by atoms with van der Waals surface area (Å²) in [6.45, 7) is 4.52. The summed E-state index contributed by atoms with van der Waals surface area (Å²) >= 11 is 0. The summed E-state index contributed by atoms with van der Waals surface area (Å²) in [6, 6.07) is 8.79. The molecule has 0 amide bonds. The summed E-state index contributed by atoms with van der Waals surface area (Å²) in [5.41, 5.74) is 2.66. The summed E-state index contributed by atoms with van der Waals surface area (Å²) in [7, 11) is 0. The van der Waals surface area contributed by atoms with Gasteiger partial charge < -0.3 is 5.32 Å². The van der Waals surface area contributed by atoms with Gasteiger partial charge in [-0.25, -0.2) is 4.68 Å². The molecule has 1 aliphatic carbocycles. The van der Waals surface area contributed by atoms with Crippen LogP contribution in [0.4, 0.5) is 0 Å². The Hall–Kier alpha value is -1.75. The molecule has 0 unspecified atom stereocenters. The van der Waals surface area contributed by atoms with Crippen LogP contribution in [-0.4, -0.2) is 25.7 Å². The highest BCUT2D eigenvalue weighted by Crippen LogP contribution is 2.36. The van der Waals surface area contributed by atoms with E-state index < -0.39 is 0 Å². The topological polar surface area (TPSA) is 55.6 Å². The number of rotatable bonds is 5. The molecule has 0 spiro atoms. The molecule has 1 heterocycles. The molecular weight excluding hydrogens is 250 g/mol. The molecule has 2 aromatic rings. The summed E-state index contributed by atoms with van der Waals surface area (Å²) < 4.78 is 1.67. The largest absolute Gasteiger partial charge is 0.305 e. The zero-order valence-electron chi connectivity index (χ0n) is 12.1. The van der Waals surface area contributed by atoms with Crippen LogP contribution in [0.1, 0.15) is 51.1 Å². The van der Waals surface area contributed by atoms with Crippen molar-refractivity contribution in [1.29, 1.82) is 0 Å². The molecule has 0 radical (unpaired) electrons. The minimum atomic E-state index is 0.369. The van der Waals surface area contributed by atoms with E-state index in [0.29, 0.717) is 11.6 Å². The molecule has 0 saturated heterocycles. The predicted molar refractivity (Wildman–Crippen MR) is 77.6 cm³/mol. The van der Waals surface area contributed by atoms with Crippen molar-refractivity contribution in [3.05, 3.63) is 36.2 Å². The van der Waals surface area contributed by atoms with Crippen molar-refractivity contribution in [3.63, 3.8) is 0 Å². The molecule has 1 fully saturated rings. The fourth-order valence-electron chi connectivity index (χ4n) is 2.94. The molecule has 1 aromatic carbocycles. The number of nitrogens with one attached hydrogen (secondary N) is 1. The summed E-state index contributed by atoms with van der Waals surface area (Å²) in [5, 5.41) is 15.0. The Kier molecular flexibility index (Phi) is 3.53. The number of tetrazole rings is 1. The van der Waals surface area contributed by atoms with Crippen molar-refractivity contribution in [3.8, 4) is 5.69 Å². The maximum atomic E-state index is 3.90. The van der Waals surface area contributed by atoms with Crippen LogP contribution in [0, 0.1) is 0 Å². The van der Waals surface area contributed by atoms with E-state index in [-0.39, 0.29) is 0 Å². The molecule has 1 atom stereocenters. The predicted octanol–water partition coefficient (Wildman–Crippen LogP) is 2.65. The van der Waals surface area contributed by atoms with Crippen LogP contribution in [0.5, 0.6) is 0 Å². The summed E-state index contributed by atoms with van der Waals surface area (Å²) in [5.74, 6) is 0. The highest BCUT2D eigenvalue weighted by molar-refractivity contribution is 5.34. The molecule has 5 nitrogen and oxygen atoms in total. The normalized spacial score (nSPS) is 18.5. The van der Waals surface area contributed by atoms with Crippen molar-refractivity contribution in [2.45, 2.75) is 51.1 Å². The summed E-state index contributed by atoms with van der Waals surface area (Å²) in [4.78, 5) is 0. The first-order valence-electron chi connectivity index (χ1n) is 7.33. The summed E-state index contributed by atoms with van der Waals surface area (Å²) in [6.07, 6.45) is 6.77. The average molecular weight is 271 g/mol. The van der Waals surface area contributed by atoms with Crippen LogP contribution < -0.4 is 5.32 Å². The third-order valence-corrected chi connectivity index (χ3v) is 4.52. The maximum absolute atomic E-state index is 3.90. The van der Waals surface area contributed by atoms with E-state index in [9.17, 15) is 0 Å². The molecule has 5 heteroatoms. The Morgan fingerprint density at radius 1 is 1.30 bits per heavy atom. The monoisotopic (exact) mass is 271 g/mol. The Labute approximate surface area is 119 Å². The molecule has 1 aromatic heterocycles. The van der Waals surface area contributed by atoms with E-state index in [0.717, 1.165) is 5.69 Å². The first-order chi connectivity index (χ1) is 9.72. The molecule has 20 heavy (non-hydrogen) atoms. The Balaban J connectivity index is 1.71. The van der Waals surface area contributed by atoms with Gasteiger partial charge in [0.2, 0.25) is 0 Å². The van der Waals surface area contributed by atoms with Gasteiger partial charge in [0.15, 0.2) is 0 Å². The third-order valence-electron chi connectivity index (χ3n) is 4.52. The Morgan fingerprint density at radius 3 is 2.55 bits per heavy atom. The lowest BCUT2D eigenvalue weighted by Crippen LogP contribution is -2.51. The minimum absolute atomic E-state index is 0.369. The van der Waals surface area contributed by atoms with Gasteiger partial charge in [0.05, 0.1) is 5.69 Å². The lowest BCUT2D eigenvalue weighted by atomic mass is 9.74. The lowest BCUT2D eigenvalue weighted by molar-refractivity contribution is 0.160. The number of hydrogen-bond donors (Lipinski definition) is 1. The van der Waals surface area contributed by atoms with Crippen molar-refractivity contribution >= 4 is 0 Å². The quantitative estimate of drug-likeness (QED) is 0.908. The number of benzene rings is 1. The maximum Gasteiger partial charge on any atom is 0.143 e. The average Bonchev–Trinajstić information content (AvgIpc) is 2.97. The molecule has 0 bridgehead atoms. The van der Waals surface area contributed by atoms with Crippen LogP contribution in [0.25, 0.3) is 5.69 Å². The fraction of sp³-hybridized carbons (Fsp3) is 0.533. The third kappa shape index (κ3) is 2.45. The molecule has 1 saturated carbocycles. The van der Waals surface area contributed by atoms with Crippen LogP contribution in [0.15, 0.2) is 30.6 Å². The van der Waals surface area contributed by atoms with Crippen molar-refractivity contribution in [2.75, 3.05) is 0 Å². The van der Waals surface area contributed by atoms with E-state index in [1.807, 2.05) is 0 Å². The van der Waals surface area contributed by atoms with Crippen molar-refractivity contribution < 1.29 is 0 Å². The fourth-order valence-corrected chi connectivity index (χ4v) is 2.94. The standard InChI is InChI=1S/C15H21N5/c1-3-15(9-4-10-15)17-12(2)13-5-7-14(8-6-13)20-11-16-18-19-20/h5-8,11-12,17H,3-4,9-10H2,1-2H3/t12-/m0/s1. The first kappa shape index (κ1) is 13.2. The Morgan fingerprint density at radius 2 is 2.05 bits per heavy atom. The smallest absolute Gasteiger partial charge is 0.143 e. The van der Waals surface area contributed by atoms with Crippen LogP contribution in [0.2, 0.25) is 0 Å². The molecule has 1 aliphatic rings. The van der Waals surface area contributed by atoms with Gasteiger partial charge >= 0.3 is 0 Å². The van der Waals surface area contributed by atoms with Crippen molar-refractivity contribution in [2.24, 2.45) is 0 Å². The van der Waals surface area contributed by atoms with Gasteiger partial charge in [0.1, 0.15) is 6.33 Å².